The van der Waals surface area contributed by atoms with E-state index in [4.69, 9.17) is 4.98 Å². The molecule has 0 amide bonds. The van der Waals surface area contributed by atoms with E-state index in [9.17, 15) is 0 Å². The minimum Gasteiger partial charge on any atom is -0.310 e. The van der Waals surface area contributed by atoms with Crippen molar-refractivity contribution >= 4 is 56.1 Å². The molecule has 5 heterocycles. The maximum absolute atomic E-state index is 5.22. The van der Waals surface area contributed by atoms with Gasteiger partial charge in [0.25, 0.3) is 0 Å². The Morgan fingerprint density at radius 2 is 0.904 bits per heavy atom. The molecule has 9 aromatic rings. The maximum Gasteiger partial charge on any atom is 0.137 e. The molecule has 3 aromatic heterocycles. The van der Waals surface area contributed by atoms with Crippen molar-refractivity contribution in [3.05, 3.63) is 211 Å². The second-order valence-corrected chi connectivity index (χ2v) is 13.4. The number of para-hydroxylation sites is 6. The van der Waals surface area contributed by atoms with Gasteiger partial charge in [-0.3, -0.25) is 9.88 Å². The molecule has 0 radical (unpaired) electrons. The summed E-state index contributed by atoms with van der Waals surface area (Å²) in [5.74, 6) is 0.865. The molecule has 5 heteroatoms. The van der Waals surface area contributed by atoms with Gasteiger partial charge < -0.3 is 9.47 Å². The number of benzene rings is 6. The third kappa shape index (κ3) is 3.82. The third-order valence-electron chi connectivity index (χ3n) is 10.9. The zero-order valence-corrected chi connectivity index (χ0v) is 28.1. The first kappa shape index (κ1) is 28.8. The van der Waals surface area contributed by atoms with Crippen molar-refractivity contribution in [3.63, 3.8) is 0 Å². The van der Waals surface area contributed by atoms with Gasteiger partial charge in [0.15, 0.2) is 0 Å². The minimum atomic E-state index is -0.570. The van der Waals surface area contributed by atoms with Crippen LogP contribution in [0, 0.1) is 0 Å². The number of rotatable bonds is 3. The number of fused-ring (bicyclic) bond motifs is 11. The predicted molar refractivity (Wildman–Crippen MR) is 211 cm³/mol. The summed E-state index contributed by atoms with van der Waals surface area (Å²) in [6, 6.07) is 61.2. The van der Waals surface area contributed by atoms with Gasteiger partial charge in [0.1, 0.15) is 5.82 Å². The monoisotopic (exact) mass is 665 g/mol. The van der Waals surface area contributed by atoms with E-state index in [0.29, 0.717) is 0 Å². The van der Waals surface area contributed by atoms with Crippen molar-refractivity contribution in [3.8, 4) is 5.69 Å². The van der Waals surface area contributed by atoms with Crippen LogP contribution in [0.1, 0.15) is 22.3 Å². The molecule has 244 valence electrons. The van der Waals surface area contributed by atoms with Crippen molar-refractivity contribution in [1.82, 2.24) is 14.5 Å². The standard InChI is InChI=1S/C47H31N5/c1-2-14-32(15-3-1)50-42-22-10-5-17-36(42)47(37-18-6-11-23-43(37)50)38-19-7-12-24-44(38)52(45-25-13-8-20-39(45)47)46-27-26-33(30-49-46)51-40-21-9-4-16-34(40)35-31-48-29-28-41(35)51/h1-31H. The molecule has 0 saturated heterocycles. The molecule has 0 N–H and O–H groups in total. The molecule has 2 aliphatic heterocycles. The van der Waals surface area contributed by atoms with Crippen molar-refractivity contribution in [2.75, 3.05) is 9.80 Å². The summed E-state index contributed by atoms with van der Waals surface area (Å²) in [5, 5.41) is 2.31. The van der Waals surface area contributed by atoms with Crippen LogP contribution >= 0.6 is 0 Å². The maximum atomic E-state index is 5.22. The molecule has 0 atom stereocenters. The second-order valence-electron chi connectivity index (χ2n) is 13.4. The van der Waals surface area contributed by atoms with Crippen LogP contribution in [-0.4, -0.2) is 14.5 Å². The Labute approximate surface area is 301 Å². The molecular formula is C47H31N5. The average Bonchev–Trinajstić information content (AvgIpc) is 3.56. The Kier molecular flexibility index (Phi) is 6.10. The topological polar surface area (TPSA) is 37.2 Å². The van der Waals surface area contributed by atoms with Crippen LogP contribution in [-0.2, 0) is 5.41 Å². The Hall–Kier alpha value is -6.98. The van der Waals surface area contributed by atoms with Gasteiger partial charge in [0.05, 0.1) is 51.1 Å². The largest absolute Gasteiger partial charge is 0.310 e. The zero-order chi connectivity index (χ0) is 34.2. The first-order chi connectivity index (χ1) is 25.8. The Morgan fingerprint density at radius 1 is 0.385 bits per heavy atom. The Morgan fingerprint density at radius 3 is 1.50 bits per heavy atom. The highest BCUT2D eigenvalue weighted by molar-refractivity contribution is 6.08. The van der Waals surface area contributed by atoms with Crippen LogP contribution in [0.2, 0.25) is 0 Å². The van der Waals surface area contributed by atoms with E-state index in [1.54, 1.807) is 0 Å². The summed E-state index contributed by atoms with van der Waals surface area (Å²) in [7, 11) is 0. The molecule has 52 heavy (non-hydrogen) atoms. The van der Waals surface area contributed by atoms with Crippen molar-refractivity contribution < 1.29 is 0 Å². The summed E-state index contributed by atoms with van der Waals surface area (Å²) >= 11 is 0. The molecule has 0 aliphatic carbocycles. The zero-order valence-electron chi connectivity index (χ0n) is 28.1. The van der Waals surface area contributed by atoms with Crippen molar-refractivity contribution in [2.24, 2.45) is 0 Å². The molecule has 5 nitrogen and oxygen atoms in total. The van der Waals surface area contributed by atoms with E-state index < -0.39 is 5.41 Å². The van der Waals surface area contributed by atoms with Crippen LogP contribution in [0.5, 0.6) is 0 Å². The van der Waals surface area contributed by atoms with Gasteiger partial charge in [-0.15, -0.1) is 0 Å². The second kappa shape index (κ2) is 11.0. The normalized spacial score (nSPS) is 13.8. The van der Waals surface area contributed by atoms with E-state index in [-0.39, 0.29) is 0 Å². The van der Waals surface area contributed by atoms with E-state index in [1.165, 1.54) is 39.0 Å². The predicted octanol–water partition coefficient (Wildman–Crippen LogP) is 11.5. The van der Waals surface area contributed by atoms with Crippen LogP contribution < -0.4 is 9.80 Å². The van der Waals surface area contributed by atoms with Crippen LogP contribution in [0.3, 0.4) is 0 Å². The van der Waals surface area contributed by atoms with E-state index >= 15 is 0 Å². The highest BCUT2D eigenvalue weighted by Crippen LogP contribution is 2.63. The molecule has 11 rings (SSSR count). The number of anilines is 6. The highest BCUT2D eigenvalue weighted by Gasteiger charge is 2.51. The first-order valence-corrected chi connectivity index (χ1v) is 17.7. The van der Waals surface area contributed by atoms with Crippen molar-refractivity contribution in [1.29, 1.82) is 0 Å². The van der Waals surface area contributed by atoms with E-state index in [1.807, 2.05) is 18.6 Å². The number of pyridine rings is 2. The van der Waals surface area contributed by atoms with Crippen LogP contribution in [0.25, 0.3) is 27.5 Å². The molecule has 2 aliphatic rings. The summed E-state index contributed by atoms with van der Waals surface area (Å²) in [4.78, 5) is 14.4. The molecule has 6 aromatic carbocycles. The van der Waals surface area contributed by atoms with Gasteiger partial charge >= 0.3 is 0 Å². The number of aromatic nitrogens is 3. The number of nitrogens with zero attached hydrogens (tertiary/aromatic N) is 5. The average molecular weight is 666 g/mol. The third-order valence-corrected chi connectivity index (χ3v) is 10.9. The lowest BCUT2D eigenvalue weighted by Crippen LogP contribution is -2.42. The molecule has 0 unspecified atom stereocenters. The fourth-order valence-corrected chi connectivity index (χ4v) is 8.91. The van der Waals surface area contributed by atoms with Gasteiger partial charge in [-0.2, -0.15) is 0 Å². The smallest absolute Gasteiger partial charge is 0.137 e. The molecule has 1 spiro atoms. The highest BCUT2D eigenvalue weighted by atomic mass is 15.2. The van der Waals surface area contributed by atoms with Crippen LogP contribution in [0.4, 0.5) is 34.3 Å². The fourth-order valence-electron chi connectivity index (χ4n) is 8.91. The van der Waals surface area contributed by atoms with Gasteiger partial charge in [0, 0.05) is 28.9 Å². The van der Waals surface area contributed by atoms with Crippen molar-refractivity contribution in [2.45, 2.75) is 5.41 Å². The molecule has 0 fully saturated rings. The Balaban J connectivity index is 1.14. The SMILES string of the molecule is c1ccc(N2c3ccccc3C3(c4ccccc42)c2ccccc2N(c2ccc(-n4c5ccccc5c5cnccc54)cn2)c2ccccc23)cc1. The lowest BCUT2D eigenvalue weighted by molar-refractivity contribution is 0.718. The summed E-state index contributed by atoms with van der Waals surface area (Å²) in [6.07, 6.45) is 5.81. The van der Waals surface area contributed by atoms with E-state index in [0.717, 1.165) is 45.0 Å². The lowest BCUT2D eigenvalue weighted by atomic mass is 9.60. The minimum absolute atomic E-state index is 0.570. The fraction of sp³-hybridized carbons (Fsp3) is 0.0213. The van der Waals surface area contributed by atoms with Gasteiger partial charge in [-0.05, 0) is 82.9 Å². The number of hydrogen-bond acceptors (Lipinski definition) is 4. The molecular weight excluding hydrogens is 635 g/mol. The quantitative estimate of drug-likeness (QED) is 0.188. The van der Waals surface area contributed by atoms with Gasteiger partial charge in [-0.25, -0.2) is 4.98 Å². The molecule has 0 saturated carbocycles. The number of hydrogen-bond donors (Lipinski definition) is 0. The summed E-state index contributed by atoms with van der Waals surface area (Å²) in [5.41, 5.74) is 13.3. The Bertz CT molecular complexity index is 2670. The first-order valence-electron chi connectivity index (χ1n) is 17.7. The van der Waals surface area contributed by atoms with Gasteiger partial charge in [0.2, 0.25) is 0 Å². The van der Waals surface area contributed by atoms with Gasteiger partial charge in [-0.1, -0.05) is 109 Å². The van der Waals surface area contributed by atoms with Crippen LogP contribution in [0.15, 0.2) is 188 Å². The summed E-state index contributed by atoms with van der Waals surface area (Å²) in [6.45, 7) is 0. The summed E-state index contributed by atoms with van der Waals surface area (Å²) < 4.78 is 2.28. The molecule has 0 bridgehead atoms. The van der Waals surface area contributed by atoms with E-state index in [2.05, 4.69) is 189 Å². The lowest BCUT2D eigenvalue weighted by Gasteiger charge is -2.51.